The van der Waals surface area contributed by atoms with E-state index in [-0.39, 0.29) is 12.1 Å². The Kier molecular flexibility index (Phi) is 2.86. The van der Waals surface area contributed by atoms with Crippen molar-refractivity contribution >= 4 is 6.09 Å². The van der Waals surface area contributed by atoms with Gasteiger partial charge in [-0.2, -0.15) is 0 Å². The van der Waals surface area contributed by atoms with Gasteiger partial charge in [-0.05, 0) is 45.4 Å². The molecule has 1 atom stereocenters. The highest BCUT2D eigenvalue weighted by atomic mass is 16.6. The van der Waals surface area contributed by atoms with Crippen molar-refractivity contribution < 1.29 is 9.53 Å². The highest BCUT2D eigenvalue weighted by molar-refractivity contribution is 5.68. The lowest BCUT2D eigenvalue weighted by molar-refractivity contribution is 0.0487. The third-order valence-corrected chi connectivity index (χ3v) is 3.25. The van der Waals surface area contributed by atoms with Gasteiger partial charge in [0.25, 0.3) is 0 Å². The SMILES string of the molecule is CC(C)(C)OC(=O)N[C@H]1CNCC2(CC2)C1. The normalized spacial score (nSPS) is 27.6. The molecule has 0 radical (unpaired) electrons. The van der Waals surface area contributed by atoms with Crippen LogP contribution in [0.1, 0.15) is 40.0 Å². The molecule has 1 aliphatic heterocycles. The zero-order valence-electron chi connectivity index (χ0n) is 10.4. The van der Waals surface area contributed by atoms with E-state index in [1.165, 1.54) is 12.8 Å². The highest BCUT2D eigenvalue weighted by Crippen LogP contribution is 2.50. The molecule has 1 spiro atoms. The van der Waals surface area contributed by atoms with Gasteiger partial charge in [0.1, 0.15) is 5.60 Å². The van der Waals surface area contributed by atoms with Crippen molar-refractivity contribution in [1.29, 1.82) is 0 Å². The van der Waals surface area contributed by atoms with Crippen LogP contribution in [-0.4, -0.2) is 30.8 Å². The summed E-state index contributed by atoms with van der Waals surface area (Å²) in [5, 5.41) is 6.33. The highest BCUT2D eigenvalue weighted by Gasteiger charge is 2.46. The fourth-order valence-corrected chi connectivity index (χ4v) is 2.31. The van der Waals surface area contributed by atoms with Crippen molar-refractivity contribution in [3.05, 3.63) is 0 Å². The van der Waals surface area contributed by atoms with Gasteiger partial charge in [-0.25, -0.2) is 4.79 Å². The van der Waals surface area contributed by atoms with Crippen LogP contribution in [0.3, 0.4) is 0 Å². The van der Waals surface area contributed by atoms with Crippen LogP contribution < -0.4 is 10.6 Å². The Balaban J connectivity index is 1.78. The fraction of sp³-hybridized carbons (Fsp3) is 0.917. The Morgan fingerprint density at radius 2 is 2.12 bits per heavy atom. The maximum atomic E-state index is 11.6. The number of amides is 1. The van der Waals surface area contributed by atoms with E-state index in [0.717, 1.165) is 19.5 Å². The fourth-order valence-electron chi connectivity index (χ4n) is 2.31. The smallest absolute Gasteiger partial charge is 0.407 e. The Hall–Kier alpha value is -0.770. The summed E-state index contributed by atoms with van der Waals surface area (Å²) in [5.74, 6) is 0. The minimum absolute atomic E-state index is 0.228. The maximum Gasteiger partial charge on any atom is 0.407 e. The third-order valence-electron chi connectivity index (χ3n) is 3.25. The van der Waals surface area contributed by atoms with Gasteiger partial charge in [-0.3, -0.25) is 0 Å². The van der Waals surface area contributed by atoms with Crippen molar-refractivity contribution in [1.82, 2.24) is 10.6 Å². The average molecular weight is 226 g/mol. The quantitative estimate of drug-likeness (QED) is 0.715. The van der Waals surface area contributed by atoms with E-state index in [0.29, 0.717) is 5.41 Å². The minimum atomic E-state index is -0.413. The molecule has 0 unspecified atom stereocenters. The topological polar surface area (TPSA) is 50.4 Å². The molecule has 16 heavy (non-hydrogen) atoms. The molecule has 1 saturated carbocycles. The van der Waals surface area contributed by atoms with E-state index in [9.17, 15) is 4.79 Å². The van der Waals surface area contributed by atoms with E-state index < -0.39 is 5.60 Å². The summed E-state index contributed by atoms with van der Waals surface area (Å²) in [6.45, 7) is 7.62. The van der Waals surface area contributed by atoms with Gasteiger partial charge in [0.15, 0.2) is 0 Å². The van der Waals surface area contributed by atoms with Gasteiger partial charge in [0.05, 0.1) is 0 Å². The molecule has 1 aliphatic carbocycles. The molecule has 1 amide bonds. The summed E-state index contributed by atoms with van der Waals surface area (Å²) in [7, 11) is 0. The van der Waals surface area contributed by atoms with Crippen LogP contribution in [0, 0.1) is 5.41 Å². The summed E-state index contributed by atoms with van der Waals surface area (Å²) in [4.78, 5) is 11.6. The number of ether oxygens (including phenoxy) is 1. The number of nitrogens with one attached hydrogen (secondary N) is 2. The second kappa shape index (κ2) is 3.91. The lowest BCUT2D eigenvalue weighted by atomic mass is 9.93. The first-order valence-electron chi connectivity index (χ1n) is 6.09. The monoisotopic (exact) mass is 226 g/mol. The van der Waals surface area contributed by atoms with Gasteiger partial charge >= 0.3 is 6.09 Å². The number of carbonyl (C=O) groups excluding carboxylic acids is 1. The molecule has 2 N–H and O–H groups in total. The van der Waals surface area contributed by atoms with Crippen LogP contribution >= 0.6 is 0 Å². The molecule has 0 bridgehead atoms. The predicted octanol–water partition coefficient (Wildman–Crippen LogP) is 1.65. The lowest BCUT2D eigenvalue weighted by Gasteiger charge is -2.31. The molecule has 2 aliphatic rings. The lowest BCUT2D eigenvalue weighted by Crippen LogP contribution is -2.50. The number of hydrogen-bond donors (Lipinski definition) is 2. The van der Waals surface area contributed by atoms with Crippen molar-refractivity contribution in [2.45, 2.75) is 51.7 Å². The molecule has 92 valence electrons. The predicted molar refractivity (Wildman–Crippen MR) is 62.3 cm³/mol. The molecule has 2 fully saturated rings. The van der Waals surface area contributed by atoms with Crippen LogP contribution in [0.25, 0.3) is 0 Å². The standard InChI is InChI=1S/C12H22N2O2/c1-11(2,3)16-10(15)14-9-6-12(4-5-12)8-13-7-9/h9,13H,4-8H2,1-3H3,(H,14,15)/t9-/m1/s1. The zero-order valence-corrected chi connectivity index (χ0v) is 10.4. The van der Waals surface area contributed by atoms with Gasteiger partial charge < -0.3 is 15.4 Å². The molecule has 1 saturated heterocycles. The second-order valence-electron chi connectivity index (χ2n) is 6.18. The Morgan fingerprint density at radius 1 is 1.44 bits per heavy atom. The summed E-state index contributed by atoms with van der Waals surface area (Å²) in [5.41, 5.74) is 0.0708. The molecule has 0 aromatic heterocycles. The van der Waals surface area contributed by atoms with E-state index >= 15 is 0 Å². The van der Waals surface area contributed by atoms with Gasteiger partial charge in [0, 0.05) is 19.1 Å². The van der Waals surface area contributed by atoms with Crippen molar-refractivity contribution in [2.24, 2.45) is 5.41 Å². The van der Waals surface area contributed by atoms with Gasteiger partial charge in [-0.15, -0.1) is 0 Å². The second-order valence-corrected chi connectivity index (χ2v) is 6.18. The summed E-state index contributed by atoms with van der Waals surface area (Å²) >= 11 is 0. The molecule has 1 heterocycles. The molecule has 0 aromatic carbocycles. The van der Waals surface area contributed by atoms with E-state index in [1.807, 2.05) is 20.8 Å². The van der Waals surface area contributed by atoms with Crippen LogP contribution in [-0.2, 0) is 4.74 Å². The van der Waals surface area contributed by atoms with Gasteiger partial charge in [0.2, 0.25) is 0 Å². The molecule has 2 rings (SSSR count). The van der Waals surface area contributed by atoms with E-state index in [1.54, 1.807) is 0 Å². The molecular weight excluding hydrogens is 204 g/mol. The zero-order chi connectivity index (χ0) is 11.8. The summed E-state index contributed by atoms with van der Waals surface area (Å²) < 4.78 is 5.25. The minimum Gasteiger partial charge on any atom is -0.444 e. The van der Waals surface area contributed by atoms with E-state index in [4.69, 9.17) is 4.74 Å². The van der Waals surface area contributed by atoms with Crippen LogP contribution in [0.5, 0.6) is 0 Å². The first kappa shape index (κ1) is 11.7. The van der Waals surface area contributed by atoms with Crippen LogP contribution in [0.4, 0.5) is 4.79 Å². The number of rotatable bonds is 1. The van der Waals surface area contributed by atoms with Crippen molar-refractivity contribution in [3.63, 3.8) is 0 Å². The Labute approximate surface area is 97.1 Å². The number of hydrogen-bond acceptors (Lipinski definition) is 3. The number of carbonyl (C=O) groups is 1. The Morgan fingerprint density at radius 3 is 2.69 bits per heavy atom. The van der Waals surface area contributed by atoms with Crippen molar-refractivity contribution in [2.75, 3.05) is 13.1 Å². The first-order chi connectivity index (χ1) is 7.39. The molecule has 4 nitrogen and oxygen atoms in total. The summed E-state index contributed by atoms with van der Waals surface area (Å²) in [6, 6.07) is 0.228. The molecule has 4 heteroatoms. The van der Waals surface area contributed by atoms with Crippen molar-refractivity contribution in [3.8, 4) is 0 Å². The van der Waals surface area contributed by atoms with Crippen LogP contribution in [0.15, 0.2) is 0 Å². The average Bonchev–Trinajstić information content (AvgIpc) is 2.81. The Bertz CT molecular complexity index is 279. The van der Waals surface area contributed by atoms with Crippen LogP contribution in [0.2, 0.25) is 0 Å². The molecular formula is C12H22N2O2. The maximum absolute atomic E-state index is 11.6. The largest absolute Gasteiger partial charge is 0.444 e. The molecule has 0 aromatic rings. The third kappa shape index (κ3) is 3.11. The number of piperidine rings is 1. The number of alkyl carbamates (subject to hydrolysis) is 1. The first-order valence-corrected chi connectivity index (χ1v) is 6.09. The summed E-state index contributed by atoms with van der Waals surface area (Å²) in [6.07, 6.45) is 3.40. The van der Waals surface area contributed by atoms with Gasteiger partial charge in [-0.1, -0.05) is 0 Å². The van der Waals surface area contributed by atoms with E-state index in [2.05, 4.69) is 10.6 Å².